The van der Waals surface area contributed by atoms with Gasteiger partial charge in [-0.3, -0.25) is 24.0 Å². The smallest absolute Gasteiger partial charge is 0.306 e. The number of amides is 2. The predicted molar refractivity (Wildman–Crippen MR) is 166 cm³/mol. The number of primary amides is 1. The number of hydrogen-bond acceptors (Lipinski definition) is 8. The zero-order valence-electron chi connectivity index (χ0n) is 24.3. The molecule has 3 aromatic carbocycles. The fraction of sp³-hybridized carbons (Fsp3) is 0.200. The standard InChI is InChI=1S/C35H31N3O7/c36-31(39)19-25(33(41)26-21-44-30-15-7-5-12-24(26)30)34(42)28(14-8-16-32(40)45-20-22-9-2-1-3-10-22)38-35(43)29-18-17-23-11-4-6-13-27(23)37-29/h1-7,9-13,15,17-18,21,25,28H,8,14,16,19-20H2,(H2,36,39)(H,38,43)/t25-,28-/m0/s1. The number of carbonyl (C=O) groups excluding carboxylic acids is 5. The molecule has 0 saturated carbocycles. The summed E-state index contributed by atoms with van der Waals surface area (Å²) in [5, 5.41) is 4.00. The number of ether oxygens (including phenoxy) is 1. The first kappa shape index (κ1) is 30.8. The minimum absolute atomic E-state index is 0.00668. The van der Waals surface area contributed by atoms with Gasteiger partial charge in [-0.25, -0.2) is 4.98 Å². The minimum Gasteiger partial charge on any atom is -0.464 e. The lowest BCUT2D eigenvalue weighted by atomic mass is 9.85. The van der Waals surface area contributed by atoms with Gasteiger partial charge in [-0.15, -0.1) is 0 Å². The molecule has 228 valence electrons. The maximum atomic E-state index is 14.0. The van der Waals surface area contributed by atoms with E-state index in [1.807, 2.05) is 42.5 Å². The summed E-state index contributed by atoms with van der Waals surface area (Å²) in [6.07, 6.45) is 0.775. The molecule has 0 aliphatic rings. The normalized spacial score (nSPS) is 12.4. The predicted octanol–water partition coefficient (Wildman–Crippen LogP) is 4.94. The number of furan rings is 1. The van der Waals surface area contributed by atoms with E-state index in [1.165, 1.54) is 12.3 Å². The quantitative estimate of drug-likeness (QED) is 0.102. The van der Waals surface area contributed by atoms with E-state index >= 15 is 0 Å². The molecule has 0 fully saturated rings. The Hall–Kier alpha value is -5.64. The third kappa shape index (κ3) is 7.66. The summed E-state index contributed by atoms with van der Waals surface area (Å²) in [6, 6.07) is 25.3. The van der Waals surface area contributed by atoms with Crippen molar-refractivity contribution in [2.75, 3.05) is 0 Å². The molecule has 0 spiro atoms. The van der Waals surface area contributed by atoms with E-state index in [2.05, 4.69) is 10.3 Å². The molecule has 0 bridgehead atoms. The van der Waals surface area contributed by atoms with Crippen LogP contribution >= 0.6 is 0 Å². The summed E-state index contributed by atoms with van der Waals surface area (Å²) >= 11 is 0. The highest BCUT2D eigenvalue weighted by Gasteiger charge is 2.36. The number of Topliss-reactive ketones (excluding diaryl/α,β-unsaturated/α-hetero) is 2. The molecule has 3 N–H and O–H groups in total. The number of para-hydroxylation sites is 2. The number of esters is 1. The third-order valence-corrected chi connectivity index (χ3v) is 7.41. The van der Waals surface area contributed by atoms with Crippen molar-refractivity contribution in [1.29, 1.82) is 0 Å². The van der Waals surface area contributed by atoms with Gasteiger partial charge in [0.05, 0.1) is 23.0 Å². The van der Waals surface area contributed by atoms with Gasteiger partial charge in [0.15, 0.2) is 11.6 Å². The average Bonchev–Trinajstić information content (AvgIpc) is 3.49. The van der Waals surface area contributed by atoms with Gasteiger partial charge in [-0.1, -0.05) is 72.8 Å². The van der Waals surface area contributed by atoms with Gasteiger partial charge >= 0.3 is 5.97 Å². The molecular weight excluding hydrogens is 574 g/mol. The van der Waals surface area contributed by atoms with Gasteiger partial charge in [-0.05, 0) is 36.6 Å². The van der Waals surface area contributed by atoms with Crippen molar-refractivity contribution in [2.45, 2.75) is 38.3 Å². The topological polar surface area (TPSA) is 159 Å². The van der Waals surface area contributed by atoms with Crippen LogP contribution in [0.3, 0.4) is 0 Å². The molecule has 2 amide bonds. The molecule has 0 aliphatic heterocycles. The maximum Gasteiger partial charge on any atom is 0.306 e. The number of fused-ring (bicyclic) bond motifs is 2. The summed E-state index contributed by atoms with van der Waals surface area (Å²) in [5.41, 5.74) is 7.51. The highest BCUT2D eigenvalue weighted by atomic mass is 16.5. The summed E-state index contributed by atoms with van der Waals surface area (Å²) in [6.45, 7) is 0.0975. The Balaban J connectivity index is 1.36. The van der Waals surface area contributed by atoms with Crippen LogP contribution in [0.1, 0.15) is 52.1 Å². The Bertz CT molecular complexity index is 1870. The van der Waals surface area contributed by atoms with Gasteiger partial charge in [0.1, 0.15) is 24.1 Å². The highest BCUT2D eigenvalue weighted by molar-refractivity contribution is 6.18. The Kier molecular flexibility index (Phi) is 9.74. The van der Waals surface area contributed by atoms with Gasteiger partial charge in [0.25, 0.3) is 5.91 Å². The van der Waals surface area contributed by atoms with Crippen molar-refractivity contribution in [3.63, 3.8) is 0 Å². The highest BCUT2D eigenvalue weighted by Crippen LogP contribution is 2.26. The lowest BCUT2D eigenvalue weighted by molar-refractivity contribution is -0.145. The second kappa shape index (κ2) is 14.2. The van der Waals surface area contributed by atoms with E-state index in [9.17, 15) is 24.0 Å². The van der Waals surface area contributed by atoms with E-state index in [0.29, 0.717) is 16.5 Å². The molecule has 2 heterocycles. The number of ketones is 2. The molecule has 10 nitrogen and oxygen atoms in total. The average molecular weight is 606 g/mol. The third-order valence-electron chi connectivity index (χ3n) is 7.41. The molecular formula is C35H31N3O7. The molecule has 10 heteroatoms. The van der Waals surface area contributed by atoms with Crippen molar-refractivity contribution in [1.82, 2.24) is 10.3 Å². The van der Waals surface area contributed by atoms with Crippen molar-refractivity contribution in [3.8, 4) is 0 Å². The minimum atomic E-state index is -1.50. The molecule has 45 heavy (non-hydrogen) atoms. The monoisotopic (exact) mass is 605 g/mol. The first-order valence-corrected chi connectivity index (χ1v) is 14.5. The van der Waals surface area contributed by atoms with E-state index in [4.69, 9.17) is 14.9 Å². The zero-order valence-corrected chi connectivity index (χ0v) is 24.3. The number of carbonyl (C=O) groups is 5. The van der Waals surface area contributed by atoms with Gasteiger partial charge in [0, 0.05) is 23.6 Å². The van der Waals surface area contributed by atoms with Crippen molar-refractivity contribution in [2.24, 2.45) is 11.7 Å². The largest absolute Gasteiger partial charge is 0.464 e. The number of nitrogens with one attached hydrogen (secondary N) is 1. The van der Waals surface area contributed by atoms with Crippen LogP contribution in [-0.4, -0.2) is 40.4 Å². The van der Waals surface area contributed by atoms with Gasteiger partial charge in [0.2, 0.25) is 5.91 Å². The summed E-state index contributed by atoms with van der Waals surface area (Å²) in [4.78, 5) is 70.0. The SMILES string of the molecule is NC(=O)C[C@@H](C(=O)c1coc2ccccc12)C(=O)[C@H](CCCC(=O)OCc1ccccc1)NC(=O)c1ccc2ccccc2n1. The van der Waals surface area contributed by atoms with E-state index in [0.717, 1.165) is 10.9 Å². The van der Waals surface area contributed by atoms with E-state index < -0.39 is 47.7 Å². The van der Waals surface area contributed by atoms with Crippen molar-refractivity contribution < 1.29 is 33.1 Å². The Morgan fingerprint density at radius 2 is 1.60 bits per heavy atom. The number of rotatable bonds is 14. The fourth-order valence-electron chi connectivity index (χ4n) is 5.09. The summed E-state index contributed by atoms with van der Waals surface area (Å²) in [5.74, 6) is -4.86. The second-order valence-electron chi connectivity index (χ2n) is 10.6. The molecule has 5 aromatic rings. The van der Waals surface area contributed by atoms with Gasteiger partial charge in [-0.2, -0.15) is 0 Å². The Labute approximate surface area is 258 Å². The summed E-state index contributed by atoms with van der Waals surface area (Å²) in [7, 11) is 0. The molecule has 0 unspecified atom stereocenters. The Morgan fingerprint density at radius 3 is 2.40 bits per heavy atom. The van der Waals surface area contributed by atoms with Crippen LogP contribution in [0.5, 0.6) is 0 Å². The van der Waals surface area contributed by atoms with E-state index in [-0.39, 0.29) is 37.1 Å². The van der Waals surface area contributed by atoms with Crippen LogP contribution in [0.4, 0.5) is 0 Å². The number of aromatic nitrogens is 1. The lowest BCUT2D eigenvalue weighted by Crippen LogP contribution is -2.46. The van der Waals surface area contributed by atoms with Crippen LogP contribution in [0, 0.1) is 5.92 Å². The number of benzene rings is 3. The maximum absolute atomic E-state index is 14.0. The molecule has 5 rings (SSSR count). The number of nitrogens with zero attached hydrogens (tertiary/aromatic N) is 1. The fourth-order valence-corrected chi connectivity index (χ4v) is 5.09. The van der Waals surface area contributed by atoms with Gasteiger partial charge < -0.3 is 20.2 Å². The number of pyridine rings is 1. The molecule has 2 aromatic heterocycles. The van der Waals surface area contributed by atoms with Crippen molar-refractivity contribution >= 4 is 51.2 Å². The first-order chi connectivity index (χ1) is 21.8. The lowest BCUT2D eigenvalue weighted by Gasteiger charge is -2.22. The van der Waals surface area contributed by atoms with Crippen LogP contribution in [0.25, 0.3) is 21.9 Å². The second-order valence-corrected chi connectivity index (χ2v) is 10.6. The van der Waals surface area contributed by atoms with Crippen LogP contribution < -0.4 is 11.1 Å². The van der Waals surface area contributed by atoms with Crippen LogP contribution in [0.2, 0.25) is 0 Å². The van der Waals surface area contributed by atoms with Crippen molar-refractivity contribution in [3.05, 3.63) is 114 Å². The number of nitrogens with two attached hydrogens (primary N) is 1. The first-order valence-electron chi connectivity index (χ1n) is 14.5. The Morgan fingerprint density at radius 1 is 0.867 bits per heavy atom. The molecule has 0 aliphatic carbocycles. The van der Waals surface area contributed by atoms with Crippen LogP contribution in [-0.2, 0) is 25.7 Å². The molecule has 0 radical (unpaired) electrons. The molecule has 2 atom stereocenters. The summed E-state index contributed by atoms with van der Waals surface area (Å²) < 4.78 is 10.8. The molecule has 0 saturated heterocycles. The van der Waals surface area contributed by atoms with E-state index in [1.54, 1.807) is 42.5 Å². The number of hydrogen-bond donors (Lipinski definition) is 2. The van der Waals surface area contributed by atoms with Crippen LogP contribution in [0.15, 0.2) is 102 Å². The zero-order chi connectivity index (χ0) is 31.8.